The molecule has 0 N–H and O–H groups in total. The Morgan fingerprint density at radius 2 is 0.870 bits per heavy atom. The van der Waals surface area contributed by atoms with Gasteiger partial charge < -0.3 is 0 Å². The van der Waals surface area contributed by atoms with Crippen molar-refractivity contribution in [3.8, 4) is 0 Å². The summed E-state index contributed by atoms with van der Waals surface area (Å²) in [6.07, 6.45) is 31.9. The van der Waals surface area contributed by atoms with Crippen LogP contribution in [0, 0.1) is 75.0 Å². The standard InChI is InChI=1S/C17H25.C5H5.Fe/c1-3-7-14(8-4-1)16-11-12-17(13-16)15-9-5-2-6-10-15;1-2-4-5-3-1;/h11-15H,1-10H2;1-5H;/q;;+2. The van der Waals surface area contributed by atoms with Crippen molar-refractivity contribution in [2.75, 3.05) is 0 Å². The fourth-order valence-electron chi connectivity index (χ4n) is 4.18. The molecular weight excluding hydrogens is 320 g/mol. The molecule has 23 heavy (non-hydrogen) atoms. The Balaban J connectivity index is 0.000000276. The predicted octanol–water partition coefficient (Wildman–Crippen LogP) is 5.94. The molecule has 0 amide bonds. The van der Waals surface area contributed by atoms with Gasteiger partial charge in [0, 0.05) is 0 Å². The Morgan fingerprint density at radius 1 is 0.522 bits per heavy atom. The first-order valence-electron chi connectivity index (χ1n) is 9.37. The summed E-state index contributed by atoms with van der Waals surface area (Å²) in [5.74, 6) is 5.10. The van der Waals surface area contributed by atoms with Gasteiger partial charge >= 0.3 is 17.1 Å². The second-order valence-electron chi connectivity index (χ2n) is 7.11. The van der Waals surface area contributed by atoms with Gasteiger partial charge in [-0.1, -0.05) is 38.5 Å². The summed E-state index contributed by atoms with van der Waals surface area (Å²) in [6.45, 7) is 0. The molecule has 0 aromatic carbocycles. The van der Waals surface area contributed by atoms with Gasteiger partial charge in [0.15, 0.2) is 0 Å². The third kappa shape index (κ3) is 6.39. The Morgan fingerprint density at radius 3 is 1.22 bits per heavy atom. The summed E-state index contributed by atoms with van der Waals surface area (Å²) in [4.78, 5) is 0. The molecule has 0 aliphatic heterocycles. The maximum atomic E-state index is 2.55. The average Bonchev–Trinajstić information content (AvgIpc) is 3.31. The summed E-state index contributed by atoms with van der Waals surface area (Å²) in [6, 6.07) is 0. The van der Waals surface area contributed by atoms with E-state index in [0.717, 1.165) is 11.8 Å². The second kappa shape index (κ2) is 11.2. The SMILES string of the molecule is [CH]1[CH][CH][CH][CH]1.[CH]1[CH][C](C2CCCCC2)[CH][C]1C1CCCCC1.[Fe+2]. The van der Waals surface area contributed by atoms with Gasteiger partial charge in [0.2, 0.25) is 0 Å². The zero-order valence-electron chi connectivity index (χ0n) is 14.2. The molecule has 4 saturated carbocycles. The van der Waals surface area contributed by atoms with Crippen molar-refractivity contribution in [2.45, 2.75) is 64.2 Å². The fourth-order valence-corrected chi connectivity index (χ4v) is 4.18. The first-order chi connectivity index (χ1) is 10.9. The fraction of sp³-hybridized carbons (Fsp3) is 0.545. The van der Waals surface area contributed by atoms with E-state index < -0.39 is 0 Å². The third-order valence-corrected chi connectivity index (χ3v) is 5.51. The van der Waals surface area contributed by atoms with Crippen molar-refractivity contribution < 1.29 is 17.1 Å². The second-order valence-corrected chi connectivity index (χ2v) is 7.11. The summed E-state index contributed by atoms with van der Waals surface area (Å²) in [5, 5.41) is 0. The summed E-state index contributed by atoms with van der Waals surface area (Å²) < 4.78 is 0. The van der Waals surface area contributed by atoms with Crippen molar-refractivity contribution in [3.63, 3.8) is 0 Å². The Hall–Kier alpha value is 0.519. The summed E-state index contributed by atoms with van der Waals surface area (Å²) in [7, 11) is 0. The van der Waals surface area contributed by atoms with E-state index in [4.69, 9.17) is 0 Å². The predicted molar refractivity (Wildman–Crippen MR) is 94.0 cm³/mol. The molecule has 0 aromatic heterocycles. The maximum Gasteiger partial charge on any atom is 2.00 e. The van der Waals surface area contributed by atoms with Crippen molar-refractivity contribution in [2.24, 2.45) is 11.8 Å². The van der Waals surface area contributed by atoms with Gasteiger partial charge in [0.05, 0.1) is 0 Å². The van der Waals surface area contributed by atoms with E-state index in [1.165, 1.54) is 64.2 Å². The van der Waals surface area contributed by atoms with Crippen LogP contribution in [0.2, 0.25) is 0 Å². The van der Waals surface area contributed by atoms with Crippen LogP contribution in [-0.2, 0) is 17.1 Å². The van der Waals surface area contributed by atoms with E-state index in [2.05, 4.69) is 19.3 Å². The van der Waals surface area contributed by atoms with Crippen LogP contribution in [0.1, 0.15) is 64.2 Å². The van der Waals surface area contributed by atoms with E-state index in [1.807, 2.05) is 32.1 Å². The molecule has 4 aliphatic rings. The average molecular weight is 350 g/mol. The summed E-state index contributed by atoms with van der Waals surface area (Å²) >= 11 is 0. The van der Waals surface area contributed by atoms with E-state index in [9.17, 15) is 0 Å². The van der Waals surface area contributed by atoms with Crippen LogP contribution in [0.15, 0.2) is 0 Å². The van der Waals surface area contributed by atoms with E-state index in [0.29, 0.717) is 0 Å². The topological polar surface area (TPSA) is 0 Å². The largest absolute Gasteiger partial charge is 2.00 e. The number of rotatable bonds is 2. The van der Waals surface area contributed by atoms with Crippen LogP contribution in [-0.4, -0.2) is 0 Å². The molecule has 0 bridgehead atoms. The number of hydrogen-bond donors (Lipinski definition) is 0. The Bertz CT molecular complexity index is 253. The van der Waals surface area contributed by atoms with Gasteiger partial charge in [-0.15, -0.1) is 0 Å². The molecule has 0 atom stereocenters. The molecule has 0 spiro atoms. The monoisotopic (exact) mass is 350 g/mol. The maximum absolute atomic E-state index is 2.55. The molecule has 4 aliphatic carbocycles. The smallest absolute Gasteiger partial charge is 0.0533 e. The number of hydrogen-bond acceptors (Lipinski definition) is 0. The van der Waals surface area contributed by atoms with Crippen LogP contribution in [0.5, 0.6) is 0 Å². The third-order valence-electron chi connectivity index (χ3n) is 5.51. The zero-order chi connectivity index (χ0) is 15.0. The minimum Gasteiger partial charge on any atom is -0.0533 e. The van der Waals surface area contributed by atoms with Crippen LogP contribution in [0.3, 0.4) is 0 Å². The Labute approximate surface area is 156 Å². The molecular formula is C22H30Fe+2. The molecule has 1 heteroatoms. The molecule has 124 valence electrons. The molecule has 0 nitrogen and oxygen atoms in total. The van der Waals surface area contributed by atoms with E-state index in [-0.39, 0.29) is 17.1 Å². The van der Waals surface area contributed by atoms with Crippen LogP contribution in [0.25, 0.3) is 0 Å². The molecule has 10 radical (unpaired) electrons. The zero-order valence-corrected chi connectivity index (χ0v) is 15.3. The first kappa shape index (κ1) is 19.8. The van der Waals surface area contributed by atoms with Crippen LogP contribution < -0.4 is 0 Å². The van der Waals surface area contributed by atoms with Gasteiger partial charge in [0.1, 0.15) is 0 Å². The normalized spacial score (nSPS) is 28.2. The molecule has 0 saturated heterocycles. The quantitative estimate of drug-likeness (QED) is 0.541. The minimum absolute atomic E-state index is 0. The van der Waals surface area contributed by atoms with Crippen molar-refractivity contribution in [1.82, 2.24) is 0 Å². The minimum atomic E-state index is 0. The molecule has 4 rings (SSSR count). The van der Waals surface area contributed by atoms with E-state index >= 15 is 0 Å². The van der Waals surface area contributed by atoms with Gasteiger partial charge in [0.25, 0.3) is 0 Å². The van der Waals surface area contributed by atoms with Crippen molar-refractivity contribution >= 4 is 0 Å². The van der Waals surface area contributed by atoms with Gasteiger partial charge in [-0.3, -0.25) is 0 Å². The van der Waals surface area contributed by atoms with Crippen LogP contribution in [0.4, 0.5) is 0 Å². The van der Waals surface area contributed by atoms with Crippen molar-refractivity contribution in [3.05, 3.63) is 63.2 Å². The van der Waals surface area contributed by atoms with Gasteiger partial charge in [-0.05, 0) is 101 Å². The Kier molecular flexibility index (Phi) is 9.66. The molecule has 0 aromatic rings. The first-order valence-corrected chi connectivity index (χ1v) is 9.37. The molecule has 4 fully saturated rings. The summed E-state index contributed by atoms with van der Waals surface area (Å²) in [5.41, 5.74) is 0. The van der Waals surface area contributed by atoms with Crippen LogP contribution >= 0.6 is 0 Å². The van der Waals surface area contributed by atoms with Gasteiger partial charge in [-0.2, -0.15) is 0 Å². The molecule has 0 unspecified atom stereocenters. The van der Waals surface area contributed by atoms with E-state index in [1.54, 1.807) is 11.8 Å². The molecule has 0 heterocycles. The van der Waals surface area contributed by atoms with Crippen molar-refractivity contribution in [1.29, 1.82) is 0 Å². The van der Waals surface area contributed by atoms with Gasteiger partial charge in [-0.25, -0.2) is 0 Å².